The fourth-order valence-corrected chi connectivity index (χ4v) is 7.28. The molecule has 0 unspecified atom stereocenters. The molecule has 8 heteroatoms. The number of aliphatic hydroxyl groups is 4. The minimum Gasteiger partial charge on any atom is -0.455 e. The summed E-state index contributed by atoms with van der Waals surface area (Å²) in [6, 6.07) is 0. The van der Waals surface area contributed by atoms with Gasteiger partial charge in [-0.25, -0.2) is 4.79 Å². The van der Waals surface area contributed by atoms with Gasteiger partial charge in [-0.15, -0.1) is 0 Å². The quantitative estimate of drug-likeness (QED) is 0.0634. The number of cyclic esters (lactones) is 1. The Morgan fingerprint density at radius 2 is 1.11 bits per heavy atom. The molecular formula is C37H66O8. The SMILES string of the molecule is CCCCCC[C@H](O)CCC[C@H](O)[C@H]1CC[C@H]([C@H]2CC[C@H]([C@H](O)CCCCCCCCC[C@H](O)CCC3=C[C@@H](C)OC3=O)O2)O1. The second-order valence-electron chi connectivity index (χ2n) is 14.2. The number of carbonyl (C=O) groups excluding carboxylic acids is 1. The fourth-order valence-electron chi connectivity index (χ4n) is 7.28. The zero-order valence-electron chi connectivity index (χ0n) is 28.5. The van der Waals surface area contributed by atoms with E-state index >= 15 is 0 Å². The molecule has 9 atom stereocenters. The van der Waals surface area contributed by atoms with Crippen LogP contribution in [0.2, 0.25) is 0 Å². The zero-order valence-corrected chi connectivity index (χ0v) is 28.5. The normalized spacial score (nSPS) is 27.8. The molecule has 3 heterocycles. The van der Waals surface area contributed by atoms with Crippen LogP contribution in [0.1, 0.15) is 162 Å². The summed E-state index contributed by atoms with van der Waals surface area (Å²) in [5.41, 5.74) is 0.700. The zero-order chi connectivity index (χ0) is 32.4. The highest BCUT2D eigenvalue weighted by atomic mass is 16.6. The van der Waals surface area contributed by atoms with Crippen LogP contribution in [-0.4, -0.2) is 81.3 Å². The minimum absolute atomic E-state index is 0.000530. The molecule has 0 aliphatic carbocycles. The van der Waals surface area contributed by atoms with Gasteiger partial charge in [0.05, 0.1) is 48.8 Å². The van der Waals surface area contributed by atoms with Crippen LogP contribution in [0.3, 0.4) is 0 Å². The van der Waals surface area contributed by atoms with Crippen LogP contribution in [0.4, 0.5) is 0 Å². The number of carbonyl (C=O) groups is 1. The third-order valence-electron chi connectivity index (χ3n) is 10.1. The summed E-state index contributed by atoms with van der Waals surface area (Å²) in [6.45, 7) is 4.05. The van der Waals surface area contributed by atoms with Crippen molar-refractivity contribution in [2.75, 3.05) is 0 Å². The Morgan fingerprint density at radius 3 is 1.64 bits per heavy atom. The van der Waals surface area contributed by atoms with E-state index in [1.165, 1.54) is 25.7 Å². The van der Waals surface area contributed by atoms with Gasteiger partial charge in [-0.3, -0.25) is 0 Å². The van der Waals surface area contributed by atoms with Gasteiger partial charge in [0.25, 0.3) is 0 Å². The van der Waals surface area contributed by atoms with Gasteiger partial charge in [0.2, 0.25) is 0 Å². The van der Waals surface area contributed by atoms with Crippen LogP contribution in [-0.2, 0) is 19.0 Å². The van der Waals surface area contributed by atoms with Gasteiger partial charge in [-0.2, -0.15) is 0 Å². The maximum Gasteiger partial charge on any atom is 0.334 e. The average molecular weight is 639 g/mol. The average Bonchev–Trinajstić information content (AvgIpc) is 3.77. The topological polar surface area (TPSA) is 126 Å². The van der Waals surface area contributed by atoms with E-state index in [-0.39, 0.29) is 48.7 Å². The molecule has 45 heavy (non-hydrogen) atoms. The van der Waals surface area contributed by atoms with Crippen molar-refractivity contribution < 1.29 is 39.4 Å². The Kier molecular flexibility index (Phi) is 18.6. The summed E-state index contributed by atoms with van der Waals surface area (Å²) in [5.74, 6) is -0.237. The van der Waals surface area contributed by atoms with E-state index in [1.807, 2.05) is 13.0 Å². The number of rotatable bonds is 25. The van der Waals surface area contributed by atoms with Crippen LogP contribution in [0, 0.1) is 0 Å². The van der Waals surface area contributed by atoms with E-state index in [2.05, 4.69) is 6.92 Å². The Morgan fingerprint density at radius 1 is 0.644 bits per heavy atom. The van der Waals surface area contributed by atoms with Crippen LogP contribution < -0.4 is 0 Å². The number of esters is 1. The van der Waals surface area contributed by atoms with Crippen molar-refractivity contribution in [2.24, 2.45) is 0 Å². The van der Waals surface area contributed by atoms with Crippen LogP contribution >= 0.6 is 0 Å². The Hall–Kier alpha value is -1.03. The third kappa shape index (κ3) is 14.7. The molecule has 0 amide bonds. The first kappa shape index (κ1) is 38.4. The number of hydrogen-bond acceptors (Lipinski definition) is 8. The summed E-state index contributed by atoms with van der Waals surface area (Å²) in [6.07, 6.45) is 21.7. The number of hydrogen-bond donors (Lipinski definition) is 4. The molecule has 0 aromatic heterocycles. The first-order chi connectivity index (χ1) is 21.8. The smallest absolute Gasteiger partial charge is 0.334 e. The van der Waals surface area contributed by atoms with Crippen LogP contribution in [0.25, 0.3) is 0 Å². The summed E-state index contributed by atoms with van der Waals surface area (Å²) in [4.78, 5) is 11.7. The van der Waals surface area contributed by atoms with Gasteiger partial charge < -0.3 is 34.6 Å². The van der Waals surface area contributed by atoms with E-state index in [4.69, 9.17) is 14.2 Å². The minimum atomic E-state index is -0.492. The van der Waals surface area contributed by atoms with E-state index in [0.717, 1.165) is 103 Å². The lowest BCUT2D eigenvalue weighted by molar-refractivity contribution is -0.139. The molecule has 0 spiro atoms. The molecule has 2 fully saturated rings. The second kappa shape index (κ2) is 21.8. The fraction of sp³-hybridized carbons (Fsp3) is 0.919. The molecular weight excluding hydrogens is 572 g/mol. The summed E-state index contributed by atoms with van der Waals surface area (Å²) < 4.78 is 17.6. The van der Waals surface area contributed by atoms with Gasteiger partial charge in [-0.1, -0.05) is 77.6 Å². The molecule has 2 saturated heterocycles. The predicted molar refractivity (Wildman–Crippen MR) is 177 cm³/mol. The molecule has 3 rings (SSSR count). The lowest BCUT2D eigenvalue weighted by Gasteiger charge is -2.24. The van der Waals surface area contributed by atoms with Crippen molar-refractivity contribution >= 4 is 5.97 Å². The van der Waals surface area contributed by atoms with Crippen LogP contribution in [0.5, 0.6) is 0 Å². The highest BCUT2D eigenvalue weighted by Crippen LogP contribution is 2.34. The first-order valence-electron chi connectivity index (χ1n) is 18.7. The highest BCUT2D eigenvalue weighted by Gasteiger charge is 2.40. The van der Waals surface area contributed by atoms with E-state index in [0.29, 0.717) is 24.8 Å². The number of unbranched alkanes of at least 4 members (excludes halogenated alkanes) is 9. The predicted octanol–water partition coefficient (Wildman–Crippen LogP) is 6.83. The Labute approximate surface area is 273 Å². The van der Waals surface area contributed by atoms with E-state index in [1.54, 1.807) is 0 Å². The summed E-state index contributed by atoms with van der Waals surface area (Å²) >= 11 is 0. The van der Waals surface area contributed by atoms with Crippen molar-refractivity contribution in [1.82, 2.24) is 0 Å². The lowest BCUT2D eigenvalue weighted by Crippen LogP contribution is -2.33. The van der Waals surface area contributed by atoms with Crippen molar-refractivity contribution in [3.63, 3.8) is 0 Å². The standard InChI is InChI=1S/C37H66O8/c1-3-4-5-11-15-29(38)17-14-19-32(41)34-23-25-36(45-34)35-24-22-33(44-35)31(40)18-13-10-8-6-7-9-12-16-30(39)21-20-28-26-27(2)43-37(28)42/h26-27,29-36,38-41H,3-25H2,1-2H3/t27-,29+,30+,31-,32+,33-,34-,35-,36-/m1/s1. The first-order valence-corrected chi connectivity index (χ1v) is 18.7. The number of ether oxygens (including phenoxy) is 3. The molecule has 4 N–H and O–H groups in total. The maximum atomic E-state index is 11.7. The monoisotopic (exact) mass is 638 g/mol. The molecule has 0 saturated carbocycles. The molecule has 3 aliphatic rings. The maximum absolute atomic E-state index is 11.7. The molecule has 0 radical (unpaired) electrons. The van der Waals surface area contributed by atoms with Gasteiger partial charge in [-0.05, 0) is 90.0 Å². The highest BCUT2D eigenvalue weighted by molar-refractivity contribution is 5.90. The Bertz CT molecular complexity index is 833. The molecule has 0 bridgehead atoms. The summed E-state index contributed by atoms with van der Waals surface area (Å²) in [7, 11) is 0. The van der Waals surface area contributed by atoms with Crippen molar-refractivity contribution in [3.05, 3.63) is 11.6 Å². The van der Waals surface area contributed by atoms with Crippen molar-refractivity contribution in [3.8, 4) is 0 Å². The molecule has 0 aromatic rings. The lowest BCUT2D eigenvalue weighted by atomic mass is 9.99. The molecule has 0 aromatic carbocycles. The Balaban J connectivity index is 1.15. The van der Waals surface area contributed by atoms with Gasteiger partial charge in [0.1, 0.15) is 6.10 Å². The third-order valence-corrected chi connectivity index (χ3v) is 10.1. The van der Waals surface area contributed by atoms with Crippen molar-refractivity contribution in [2.45, 2.75) is 216 Å². The molecule has 3 aliphatic heterocycles. The van der Waals surface area contributed by atoms with Gasteiger partial charge in [0.15, 0.2) is 0 Å². The van der Waals surface area contributed by atoms with Gasteiger partial charge in [0, 0.05) is 5.57 Å². The molecule has 8 nitrogen and oxygen atoms in total. The van der Waals surface area contributed by atoms with E-state index < -0.39 is 12.2 Å². The largest absolute Gasteiger partial charge is 0.455 e. The van der Waals surface area contributed by atoms with E-state index in [9.17, 15) is 25.2 Å². The number of aliphatic hydroxyl groups excluding tert-OH is 4. The second-order valence-corrected chi connectivity index (χ2v) is 14.2. The molecule has 262 valence electrons. The van der Waals surface area contributed by atoms with Gasteiger partial charge >= 0.3 is 5.97 Å². The van der Waals surface area contributed by atoms with Crippen molar-refractivity contribution in [1.29, 1.82) is 0 Å². The summed E-state index contributed by atoms with van der Waals surface area (Å²) in [5, 5.41) is 41.9. The van der Waals surface area contributed by atoms with Crippen LogP contribution in [0.15, 0.2) is 11.6 Å².